The summed E-state index contributed by atoms with van der Waals surface area (Å²) in [6, 6.07) is 14.0. The van der Waals surface area contributed by atoms with Crippen molar-refractivity contribution in [2.75, 3.05) is 0 Å². The number of H-pyrrole nitrogens is 1. The third-order valence-electron chi connectivity index (χ3n) is 4.68. The number of pyridine rings is 1. The molecular formula is C20H17N5O. The molecule has 3 N–H and O–H groups in total. The average Bonchev–Trinajstić information content (AvgIpc) is 3.24. The molecule has 128 valence electrons. The van der Waals surface area contributed by atoms with Gasteiger partial charge in [-0.25, -0.2) is 9.98 Å². The summed E-state index contributed by atoms with van der Waals surface area (Å²) in [4.78, 5) is 13.9. The second-order valence-electron chi connectivity index (χ2n) is 6.34. The molecule has 2 aromatic heterocycles. The lowest BCUT2D eigenvalue weighted by Crippen LogP contribution is -2.34. The minimum atomic E-state index is -0.762. The zero-order valence-corrected chi connectivity index (χ0v) is 13.9. The van der Waals surface area contributed by atoms with Gasteiger partial charge in [-0.1, -0.05) is 30.3 Å². The Balaban J connectivity index is 1.44. The van der Waals surface area contributed by atoms with Gasteiger partial charge in [0.1, 0.15) is 5.65 Å². The van der Waals surface area contributed by atoms with Crippen molar-refractivity contribution in [3.8, 4) is 0 Å². The molecule has 0 spiro atoms. The molecule has 4 heterocycles. The number of hydrogen-bond donors (Lipinski definition) is 3. The van der Waals surface area contributed by atoms with Crippen LogP contribution in [-0.4, -0.2) is 31.9 Å². The molecule has 0 fully saturated rings. The lowest BCUT2D eigenvalue weighted by atomic mass is 10.1. The van der Waals surface area contributed by atoms with Crippen LogP contribution in [0.3, 0.4) is 0 Å². The molecule has 0 aliphatic carbocycles. The smallest absolute Gasteiger partial charge is 0.172 e. The van der Waals surface area contributed by atoms with E-state index in [4.69, 9.17) is 0 Å². The molecule has 1 unspecified atom stereocenters. The maximum Gasteiger partial charge on any atom is 0.172 e. The SMILES string of the molecule is OC1C(Cc2ccccc2)=NC2=CNC(c3c[nH]c4ncccc34)=CN21. The van der Waals surface area contributed by atoms with Gasteiger partial charge < -0.3 is 15.4 Å². The molecule has 1 atom stereocenters. The van der Waals surface area contributed by atoms with Crippen LogP contribution >= 0.6 is 0 Å². The van der Waals surface area contributed by atoms with Crippen LogP contribution in [0.1, 0.15) is 11.1 Å². The molecule has 0 saturated carbocycles. The largest absolute Gasteiger partial charge is 0.368 e. The highest BCUT2D eigenvalue weighted by Crippen LogP contribution is 2.30. The molecule has 0 saturated heterocycles. The van der Waals surface area contributed by atoms with E-state index >= 15 is 0 Å². The zero-order valence-electron chi connectivity index (χ0n) is 13.9. The van der Waals surface area contributed by atoms with E-state index in [1.807, 2.05) is 61.1 Å². The van der Waals surface area contributed by atoms with Gasteiger partial charge in [0.2, 0.25) is 0 Å². The van der Waals surface area contributed by atoms with Crippen LogP contribution in [0.15, 0.2) is 78.1 Å². The van der Waals surface area contributed by atoms with Gasteiger partial charge >= 0.3 is 0 Å². The Morgan fingerprint density at radius 2 is 2.00 bits per heavy atom. The standard InChI is InChI=1S/C20H17N5O/c26-20-16(9-13-5-2-1-3-6-13)24-18-11-22-17(12-25(18)20)15-10-23-19-14(15)7-4-8-21-19/h1-8,10-12,20,22,26H,9H2,(H,21,23). The summed E-state index contributed by atoms with van der Waals surface area (Å²) < 4.78 is 0. The van der Waals surface area contributed by atoms with Crippen molar-refractivity contribution in [2.24, 2.45) is 4.99 Å². The number of aliphatic hydroxyl groups excluding tert-OH is 1. The van der Waals surface area contributed by atoms with Gasteiger partial charge in [-0.05, 0) is 17.7 Å². The van der Waals surface area contributed by atoms with Crippen molar-refractivity contribution in [3.63, 3.8) is 0 Å². The molecular weight excluding hydrogens is 326 g/mol. The summed E-state index contributed by atoms with van der Waals surface area (Å²) >= 11 is 0. The maximum absolute atomic E-state index is 10.7. The quantitative estimate of drug-likeness (QED) is 0.683. The third-order valence-corrected chi connectivity index (χ3v) is 4.68. The summed E-state index contributed by atoms with van der Waals surface area (Å²) in [5, 5.41) is 15.0. The van der Waals surface area contributed by atoms with E-state index in [0.717, 1.165) is 33.6 Å². The topological polar surface area (TPSA) is 76.5 Å². The Labute approximate surface area is 150 Å². The van der Waals surface area contributed by atoms with Crippen LogP contribution in [0.5, 0.6) is 0 Å². The number of aliphatic hydroxyl groups is 1. The maximum atomic E-state index is 10.7. The Morgan fingerprint density at radius 3 is 2.88 bits per heavy atom. The van der Waals surface area contributed by atoms with Crippen LogP contribution in [-0.2, 0) is 6.42 Å². The fraction of sp³-hybridized carbons (Fsp3) is 0.100. The lowest BCUT2D eigenvalue weighted by molar-refractivity contribution is 0.130. The Kier molecular flexibility index (Phi) is 3.36. The first-order chi connectivity index (χ1) is 12.8. The van der Waals surface area contributed by atoms with E-state index < -0.39 is 6.23 Å². The fourth-order valence-electron chi connectivity index (χ4n) is 3.37. The fourth-order valence-corrected chi connectivity index (χ4v) is 3.37. The van der Waals surface area contributed by atoms with E-state index in [9.17, 15) is 5.11 Å². The molecule has 2 aliphatic rings. The number of aromatic amines is 1. The second-order valence-corrected chi connectivity index (χ2v) is 6.34. The number of aliphatic imine (C=N–C) groups is 1. The van der Waals surface area contributed by atoms with Gasteiger partial charge in [0.15, 0.2) is 12.0 Å². The van der Waals surface area contributed by atoms with Gasteiger partial charge in [-0.3, -0.25) is 4.90 Å². The van der Waals surface area contributed by atoms with Crippen molar-refractivity contribution in [1.82, 2.24) is 20.2 Å². The Bertz CT molecular complexity index is 1060. The van der Waals surface area contributed by atoms with Crippen molar-refractivity contribution < 1.29 is 5.11 Å². The molecule has 6 heteroatoms. The highest BCUT2D eigenvalue weighted by atomic mass is 16.3. The Morgan fingerprint density at radius 1 is 1.12 bits per heavy atom. The van der Waals surface area contributed by atoms with Gasteiger partial charge in [0.05, 0.1) is 11.4 Å². The van der Waals surface area contributed by atoms with Crippen LogP contribution < -0.4 is 5.32 Å². The third kappa shape index (κ3) is 2.39. The Hall–Kier alpha value is -3.38. The second kappa shape index (κ2) is 5.86. The van der Waals surface area contributed by atoms with Crippen molar-refractivity contribution >= 4 is 22.4 Å². The van der Waals surface area contributed by atoms with Crippen LogP contribution in [0.4, 0.5) is 0 Å². The predicted molar refractivity (Wildman–Crippen MR) is 101 cm³/mol. The molecule has 26 heavy (non-hydrogen) atoms. The number of benzene rings is 1. The van der Waals surface area contributed by atoms with Crippen molar-refractivity contribution in [3.05, 3.63) is 84.2 Å². The summed E-state index contributed by atoms with van der Waals surface area (Å²) in [5.41, 5.74) is 4.60. The predicted octanol–water partition coefficient (Wildman–Crippen LogP) is 2.58. The van der Waals surface area contributed by atoms with Crippen LogP contribution in [0, 0.1) is 0 Å². The van der Waals surface area contributed by atoms with Gasteiger partial charge in [0.25, 0.3) is 0 Å². The number of hydrogen-bond acceptors (Lipinski definition) is 5. The summed E-state index contributed by atoms with van der Waals surface area (Å²) in [6.45, 7) is 0. The van der Waals surface area contributed by atoms with Gasteiger partial charge in [-0.15, -0.1) is 0 Å². The number of aromatic nitrogens is 2. The molecule has 3 aromatic rings. The lowest BCUT2D eigenvalue weighted by Gasteiger charge is -2.25. The van der Waals surface area contributed by atoms with Crippen LogP contribution in [0.2, 0.25) is 0 Å². The van der Waals surface area contributed by atoms with E-state index in [1.165, 1.54) is 0 Å². The number of nitrogens with one attached hydrogen (secondary N) is 2. The average molecular weight is 343 g/mol. The van der Waals surface area contributed by atoms with Gasteiger partial charge in [0, 0.05) is 42.2 Å². The first-order valence-corrected chi connectivity index (χ1v) is 8.48. The highest BCUT2D eigenvalue weighted by Gasteiger charge is 2.31. The summed E-state index contributed by atoms with van der Waals surface area (Å²) in [7, 11) is 0. The zero-order chi connectivity index (χ0) is 17.5. The molecule has 6 nitrogen and oxygen atoms in total. The molecule has 1 aromatic carbocycles. The van der Waals surface area contributed by atoms with E-state index in [-0.39, 0.29) is 0 Å². The molecule has 0 amide bonds. The van der Waals surface area contributed by atoms with Crippen molar-refractivity contribution in [1.29, 1.82) is 0 Å². The molecule has 5 rings (SSSR count). The molecule has 0 radical (unpaired) electrons. The summed E-state index contributed by atoms with van der Waals surface area (Å²) in [6.07, 6.45) is 7.27. The van der Waals surface area contributed by atoms with E-state index in [0.29, 0.717) is 12.2 Å². The van der Waals surface area contributed by atoms with Gasteiger partial charge in [-0.2, -0.15) is 0 Å². The highest BCUT2D eigenvalue weighted by molar-refractivity contribution is 5.94. The van der Waals surface area contributed by atoms with Crippen LogP contribution in [0.25, 0.3) is 16.7 Å². The number of nitrogens with zero attached hydrogens (tertiary/aromatic N) is 3. The number of rotatable bonds is 3. The normalized spacial score (nSPS) is 18.9. The first kappa shape index (κ1) is 14.9. The first-order valence-electron chi connectivity index (χ1n) is 8.48. The van der Waals surface area contributed by atoms with E-state index in [1.54, 1.807) is 11.1 Å². The number of fused-ring (bicyclic) bond motifs is 2. The van der Waals surface area contributed by atoms with Crippen molar-refractivity contribution in [2.45, 2.75) is 12.6 Å². The molecule has 2 aliphatic heterocycles. The molecule has 0 bridgehead atoms. The summed E-state index contributed by atoms with van der Waals surface area (Å²) in [5.74, 6) is 0.713. The minimum Gasteiger partial charge on any atom is -0.368 e. The minimum absolute atomic E-state index is 0.621. The monoisotopic (exact) mass is 343 g/mol. The van der Waals surface area contributed by atoms with E-state index in [2.05, 4.69) is 20.3 Å².